The maximum atomic E-state index is 5.53. The largest absolute Gasteiger partial charge is 0.380 e. The van der Waals surface area contributed by atoms with Gasteiger partial charge in [0.05, 0.1) is 69.7 Å². The Balaban J connectivity index is 0.000000634. The van der Waals surface area contributed by atoms with Gasteiger partial charge in [0.2, 0.25) is 0 Å². The van der Waals surface area contributed by atoms with Crippen molar-refractivity contribution in [1.82, 2.24) is 31.9 Å². The predicted molar refractivity (Wildman–Crippen MR) is 232 cm³/mol. The molecule has 6 atom stereocenters. The molecular weight excluding hydrogens is 697 g/mol. The van der Waals surface area contributed by atoms with Gasteiger partial charge < -0.3 is 60.3 Å². The molecule has 6 aliphatic rings. The number of ether oxygens (including phenoxy) is 6. The third-order valence-electron chi connectivity index (χ3n) is 10.5. The summed E-state index contributed by atoms with van der Waals surface area (Å²) in [6, 6.07) is 0.618. The molecule has 0 aromatic rings. The van der Waals surface area contributed by atoms with Gasteiger partial charge in [-0.2, -0.15) is 0 Å². The number of hydrogen-bond acceptors (Lipinski definition) is 12. The van der Waals surface area contributed by atoms with Crippen molar-refractivity contribution in [3.63, 3.8) is 0 Å². The zero-order valence-corrected chi connectivity index (χ0v) is 37.3. The van der Waals surface area contributed by atoms with Crippen LogP contribution in [0.5, 0.6) is 0 Å². The minimum atomic E-state index is 0. The molecule has 332 valence electrons. The summed E-state index contributed by atoms with van der Waals surface area (Å²) in [5.41, 5.74) is 0.483. The SMILES string of the molecule is C.CC1(C)CCNCCO1.CC1(C)CNCCCO1.CC1(C)CNCCOC1.CC1CNCCOC1C.CC1CNCCOC1C.CC1COCCNC1C. The zero-order valence-electron chi connectivity index (χ0n) is 37.3. The second kappa shape index (κ2) is 31.4. The summed E-state index contributed by atoms with van der Waals surface area (Å²) in [6.07, 6.45) is 3.12. The molecule has 6 fully saturated rings. The van der Waals surface area contributed by atoms with Crippen LogP contribution in [0.1, 0.15) is 103 Å². The van der Waals surface area contributed by atoms with Crippen molar-refractivity contribution in [2.45, 2.75) is 133 Å². The van der Waals surface area contributed by atoms with Crippen molar-refractivity contribution >= 4 is 0 Å². The second-order valence-corrected chi connectivity index (χ2v) is 17.9. The van der Waals surface area contributed by atoms with E-state index in [0.717, 1.165) is 138 Å². The molecule has 0 bridgehead atoms. The lowest BCUT2D eigenvalue weighted by molar-refractivity contribution is -0.00785. The van der Waals surface area contributed by atoms with Crippen LogP contribution in [0.15, 0.2) is 0 Å². The summed E-state index contributed by atoms with van der Waals surface area (Å²) in [4.78, 5) is 0. The summed E-state index contributed by atoms with van der Waals surface area (Å²) in [5, 5.41) is 19.9. The summed E-state index contributed by atoms with van der Waals surface area (Å²) in [7, 11) is 0. The molecule has 12 nitrogen and oxygen atoms in total. The summed E-state index contributed by atoms with van der Waals surface area (Å²) < 4.78 is 32.6. The lowest BCUT2D eigenvalue weighted by atomic mass is 9.95. The summed E-state index contributed by atoms with van der Waals surface area (Å²) in [6.45, 7) is 44.5. The van der Waals surface area contributed by atoms with Crippen LogP contribution in [0.25, 0.3) is 0 Å². The van der Waals surface area contributed by atoms with Crippen LogP contribution in [-0.4, -0.2) is 154 Å². The first kappa shape index (κ1) is 54.5. The normalized spacial score (nSPS) is 32.1. The Morgan fingerprint density at radius 3 is 1.67 bits per heavy atom. The van der Waals surface area contributed by atoms with Crippen LogP contribution in [0.2, 0.25) is 0 Å². The highest BCUT2D eigenvalue weighted by atomic mass is 16.5. The number of nitrogens with one attached hydrogen (secondary N) is 6. The third kappa shape index (κ3) is 30.3. The Labute approximate surface area is 340 Å². The maximum Gasteiger partial charge on any atom is 0.0750 e. The molecule has 0 aromatic heterocycles. The molecule has 6 aliphatic heterocycles. The molecule has 6 N–H and O–H groups in total. The Morgan fingerprint density at radius 1 is 0.491 bits per heavy atom. The Morgan fingerprint density at radius 2 is 1.04 bits per heavy atom. The molecule has 0 aromatic carbocycles. The molecule has 0 aliphatic carbocycles. The molecular formula is C43H94N6O6. The zero-order chi connectivity index (χ0) is 40.3. The van der Waals surface area contributed by atoms with Crippen LogP contribution in [-0.2, 0) is 28.4 Å². The topological polar surface area (TPSA) is 128 Å². The lowest BCUT2D eigenvalue weighted by Gasteiger charge is -2.21. The van der Waals surface area contributed by atoms with E-state index in [2.05, 4.69) is 115 Å². The fraction of sp³-hybridized carbons (Fsp3) is 1.00. The highest BCUT2D eigenvalue weighted by Gasteiger charge is 2.21. The van der Waals surface area contributed by atoms with E-state index in [1.54, 1.807) is 0 Å². The van der Waals surface area contributed by atoms with Crippen molar-refractivity contribution < 1.29 is 28.4 Å². The van der Waals surface area contributed by atoms with Gasteiger partial charge in [0.1, 0.15) is 0 Å². The van der Waals surface area contributed by atoms with E-state index < -0.39 is 0 Å². The average Bonchev–Trinajstić information content (AvgIpc) is 3.73. The fourth-order valence-corrected chi connectivity index (χ4v) is 5.87. The molecule has 0 radical (unpaired) electrons. The number of rotatable bonds is 0. The van der Waals surface area contributed by atoms with Gasteiger partial charge in [-0.1, -0.05) is 42.0 Å². The van der Waals surface area contributed by atoms with E-state index in [4.69, 9.17) is 28.4 Å². The van der Waals surface area contributed by atoms with Crippen LogP contribution in [0.3, 0.4) is 0 Å². The smallest absolute Gasteiger partial charge is 0.0750 e. The molecule has 0 spiro atoms. The van der Waals surface area contributed by atoms with E-state index in [1.165, 1.54) is 0 Å². The first-order chi connectivity index (χ1) is 25.5. The van der Waals surface area contributed by atoms with Gasteiger partial charge in [-0.25, -0.2) is 0 Å². The fourth-order valence-electron chi connectivity index (χ4n) is 5.87. The Kier molecular flexibility index (Phi) is 31.2. The summed E-state index contributed by atoms with van der Waals surface area (Å²) >= 11 is 0. The van der Waals surface area contributed by atoms with E-state index in [0.29, 0.717) is 41.4 Å². The van der Waals surface area contributed by atoms with Crippen molar-refractivity contribution in [3.05, 3.63) is 0 Å². The second-order valence-electron chi connectivity index (χ2n) is 17.9. The molecule has 6 unspecified atom stereocenters. The monoisotopic (exact) mass is 791 g/mol. The lowest BCUT2D eigenvalue weighted by Crippen LogP contribution is -2.34. The third-order valence-corrected chi connectivity index (χ3v) is 10.5. The molecule has 6 saturated heterocycles. The Bertz CT molecular complexity index is 715. The number of hydrogen-bond donors (Lipinski definition) is 6. The first-order valence-electron chi connectivity index (χ1n) is 21.5. The first-order valence-corrected chi connectivity index (χ1v) is 21.5. The molecule has 0 amide bonds. The van der Waals surface area contributed by atoms with Crippen LogP contribution in [0.4, 0.5) is 0 Å². The Hall–Kier alpha value is -0.480. The van der Waals surface area contributed by atoms with Gasteiger partial charge in [0.15, 0.2) is 0 Å². The van der Waals surface area contributed by atoms with Crippen LogP contribution in [0, 0.1) is 23.2 Å². The van der Waals surface area contributed by atoms with Gasteiger partial charge in [0, 0.05) is 77.0 Å². The van der Waals surface area contributed by atoms with Crippen molar-refractivity contribution in [1.29, 1.82) is 0 Å². The minimum Gasteiger partial charge on any atom is -0.380 e. The molecule has 0 saturated carbocycles. The highest BCUT2D eigenvalue weighted by Crippen LogP contribution is 2.16. The van der Waals surface area contributed by atoms with Gasteiger partial charge in [-0.05, 0) is 92.2 Å². The van der Waals surface area contributed by atoms with Gasteiger partial charge >= 0.3 is 0 Å². The maximum absolute atomic E-state index is 5.53. The minimum absolute atomic E-state index is 0. The van der Waals surface area contributed by atoms with E-state index in [1.807, 2.05) is 0 Å². The molecule has 6 heterocycles. The quantitative estimate of drug-likeness (QED) is 0.204. The standard InChI is InChI=1S/6C7H15NO.CH4/c1-7(2)5-8-3-4-9-6-7;1-7(2)3-4-8-5-6-9-7;1-6-5-9-4-3-8-7(6)2;2*1-6-5-8-3-4-9-7(6)2;1-7(2)6-8-4-3-5-9-7;/h2*8H,3-6H2,1-2H3;3*6-8H,3-5H2,1-2H3;8H,3-6H2,1-2H3;1H4. The molecule has 6 rings (SSSR count). The van der Waals surface area contributed by atoms with Gasteiger partial charge in [-0.3, -0.25) is 0 Å². The van der Waals surface area contributed by atoms with Crippen LogP contribution >= 0.6 is 0 Å². The molecule has 12 heteroatoms. The average molecular weight is 791 g/mol. The van der Waals surface area contributed by atoms with Crippen molar-refractivity contribution in [2.75, 3.05) is 125 Å². The van der Waals surface area contributed by atoms with Crippen molar-refractivity contribution in [2.24, 2.45) is 23.2 Å². The van der Waals surface area contributed by atoms with E-state index in [-0.39, 0.29) is 18.6 Å². The highest BCUT2D eigenvalue weighted by molar-refractivity contribution is 4.75. The van der Waals surface area contributed by atoms with Crippen LogP contribution < -0.4 is 31.9 Å². The van der Waals surface area contributed by atoms with Gasteiger partial charge in [-0.15, -0.1) is 0 Å². The van der Waals surface area contributed by atoms with Gasteiger partial charge in [0.25, 0.3) is 0 Å². The van der Waals surface area contributed by atoms with E-state index >= 15 is 0 Å². The van der Waals surface area contributed by atoms with E-state index in [9.17, 15) is 0 Å². The molecule has 55 heavy (non-hydrogen) atoms. The predicted octanol–water partition coefficient (Wildman–Crippen LogP) is 4.71. The van der Waals surface area contributed by atoms with Crippen molar-refractivity contribution in [3.8, 4) is 0 Å². The summed E-state index contributed by atoms with van der Waals surface area (Å²) in [5.74, 6) is 1.98.